The molecule has 4 nitrogen and oxygen atoms in total. The van der Waals surface area contributed by atoms with Crippen molar-refractivity contribution < 1.29 is 14.3 Å². The molecule has 0 radical (unpaired) electrons. The van der Waals surface area contributed by atoms with Gasteiger partial charge in [0.1, 0.15) is 13.2 Å². The van der Waals surface area contributed by atoms with Gasteiger partial charge < -0.3 is 14.8 Å². The molecular formula is C13H17NO3. The second-order valence-corrected chi connectivity index (χ2v) is 4.18. The Bertz CT molecular complexity index is 417. The van der Waals surface area contributed by atoms with Crippen molar-refractivity contribution in [1.29, 1.82) is 0 Å². The van der Waals surface area contributed by atoms with E-state index in [0.717, 1.165) is 17.1 Å². The minimum atomic E-state index is 0.0485. The SMILES string of the molecule is CNC(=O)CC(C)c1ccc2c(c1)OCCO2. The third-order valence-corrected chi connectivity index (χ3v) is 2.91. The van der Waals surface area contributed by atoms with Gasteiger partial charge in [0, 0.05) is 13.5 Å². The Morgan fingerprint density at radius 2 is 2.06 bits per heavy atom. The molecule has 0 saturated carbocycles. The summed E-state index contributed by atoms with van der Waals surface area (Å²) in [7, 11) is 1.65. The van der Waals surface area contributed by atoms with E-state index < -0.39 is 0 Å². The zero-order valence-electron chi connectivity index (χ0n) is 10.2. The van der Waals surface area contributed by atoms with Crippen molar-refractivity contribution >= 4 is 5.91 Å². The summed E-state index contributed by atoms with van der Waals surface area (Å²) < 4.78 is 11.0. The van der Waals surface area contributed by atoms with Gasteiger partial charge in [0.15, 0.2) is 11.5 Å². The number of carbonyl (C=O) groups excluding carboxylic acids is 1. The van der Waals surface area contributed by atoms with Crippen LogP contribution in [0.3, 0.4) is 0 Å². The van der Waals surface area contributed by atoms with Gasteiger partial charge in [0.25, 0.3) is 0 Å². The molecular weight excluding hydrogens is 218 g/mol. The Balaban J connectivity index is 2.13. The minimum Gasteiger partial charge on any atom is -0.486 e. The van der Waals surface area contributed by atoms with Crippen molar-refractivity contribution in [2.45, 2.75) is 19.3 Å². The number of nitrogens with one attached hydrogen (secondary N) is 1. The van der Waals surface area contributed by atoms with Crippen LogP contribution in [0.15, 0.2) is 18.2 Å². The second kappa shape index (κ2) is 5.08. The molecule has 0 fully saturated rings. The largest absolute Gasteiger partial charge is 0.486 e. The van der Waals surface area contributed by atoms with Crippen molar-refractivity contribution in [3.05, 3.63) is 23.8 Å². The standard InChI is InChI=1S/C13H17NO3/c1-9(7-13(15)14-2)10-3-4-11-12(8-10)17-6-5-16-11/h3-4,8-9H,5-7H2,1-2H3,(H,14,15). The lowest BCUT2D eigenvalue weighted by Gasteiger charge is -2.20. The highest BCUT2D eigenvalue weighted by molar-refractivity contribution is 5.76. The van der Waals surface area contributed by atoms with Crippen LogP contribution < -0.4 is 14.8 Å². The number of hydrogen-bond acceptors (Lipinski definition) is 3. The van der Waals surface area contributed by atoms with Crippen LogP contribution in [0.2, 0.25) is 0 Å². The predicted octanol–water partition coefficient (Wildman–Crippen LogP) is 1.70. The van der Waals surface area contributed by atoms with E-state index in [1.807, 2.05) is 25.1 Å². The van der Waals surface area contributed by atoms with E-state index in [0.29, 0.717) is 19.6 Å². The molecule has 0 aromatic heterocycles. The van der Waals surface area contributed by atoms with Gasteiger partial charge in [0.05, 0.1) is 0 Å². The molecule has 1 N–H and O–H groups in total. The van der Waals surface area contributed by atoms with Gasteiger partial charge >= 0.3 is 0 Å². The average Bonchev–Trinajstić information content (AvgIpc) is 2.38. The smallest absolute Gasteiger partial charge is 0.220 e. The molecule has 1 aromatic rings. The predicted molar refractivity (Wildman–Crippen MR) is 64.5 cm³/mol. The monoisotopic (exact) mass is 235 g/mol. The number of amides is 1. The third-order valence-electron chi connectivity index (χ3n) is 2.91. The fourth-order valence-corrected chi connectivity index (χ4v) is 1.86. The minimum absolute atomic E-state index is 0.0485. The third kappa shape index (κ3) is 2.70. The molecule has 1 aromatic carbocycles. The summed E-state index contributed by atoms with van der Waals surface area (Å²) in [6.07, 6.45) is 0.482. The van der Waals surface area contributed by atoms with Crippen molar-refractivity contribution in [1.82, 2.24) is 5.32 Å². The maximum Gasteiger partial charge on any atom is 0.220 e. The Labute approximate surface area is 101 Å². The lowest BCUT2D eigenvalue weighted by Crippen LogP contribution is -2.20. The van der Waals surface area contributed by atoms with Crippen LogP contribution in [-0.2, 0) is 4.79 Å². The average molecular weight is 235 g/mol. The number of rotatable bonds is 3. The van der Waals surface area contributed by atoms with Crippen LogP contribution in [-0.4, -0.2) is 26.2 Å². The van der Waals surface area contributed by atoms with Crippen LogP contribution in [0.5, 0.6) is 11.5 Å². The normalized spacial score (nSPS) is 15.2. The van der Waals surface area contributed by atoms with E-state index in [-0.39, 0.29) is 11.8 Å². The topological polar surface area (TPSA) is 47.6 Å². The number of carbonyl (C=O) groups is 1. The molecule has 1 unspecified atom stereocenters. The van der Waals surface area contributed by atoms with Gasteiger partial charge in [-0.05, 0) is 23.6 Å². The summed E-state index contributed by atoms with van der Waals surface area (Å²) in [5.41, 5.74) is 1.10. The molecule has 0 bridgehead atoms. The van der Waals surface area contributed by atoms with Crippen LogP contribution in [0.4, 0.5) is 0 Å². The first-order chi connectivity index (χ1) is 8.20. The van der Waals surface area contributed by atoms with E-state index in [1.54, 1.807) is 7.05 Å². The van der Waals surface area contributed by atoms with Gasteiger partial charge in [-0.15, -0.1) is 0 Å². The molecule has 1 heterocycles. The van der Waals surface area contributed by atoms with Crippen LogP contribution in [0.1, 0.15) is 24.8 Å². The quantitative estimate of drug-likeness (QED) is 0.867. The molecule has 2 rings (SSSR count). The summed E-state index contributed by atoms with van der Waals surface area (Å²) in [6, 6.07) is 5.85. The zero-order chi connectivity index (χ0) is 12.3. The molecule has 0 aliphatic carbocycles. The van der Waals surface area contributed by atoms with E-state index in [9.17, 15) is 4.79 Å². The number of fused-ring (bicyclic) bond motifs is 1. The fourth-order valence-electron chi connectivity index (χ4n) is 1.86. The highest BCUT2D eigenvalue weighted by Gasteiger charge is 2.15. The summed E-state index contributed by atoms with van der Waals surface area (Å²) in [5.74, 6) is 1.78. The summed E-state index contributed by atoms with van der Waals surface area (Å²) >= 11 is 0. The first kappa shape index (κ1) is 11.8. The van der Waals surface area contributed by atoms with Crippen molar-refractivity contribution in [2.75, 3.05) is 20.3 Å². The molecule has 92 valence electrons. The van der Waals surface area contributed by atoms with E-state index >= 15 is 0 Å². The Morgan fingerprint density at radius 1 is 1.35 bits per heavy atom. The molecule has 1 amide bonds. The van der Waals surface area contributed by atoms with Gasteiger partial charge in [-0.3, -0.25) is 4.79 Å². The molecule has 17 heavy (non-hydrogen) atoms. The van der Waals surface area contributed by atoms with E-state index in [1.165, 1.54) is 0 Å². The van der Waals surface area contributed by atoms with Crippen molar-refractivity contribution in [3.8, 4) is 11.5 Å². The summed E-state index contributed by atoms with van der Waals surface area (Å²) in [4.78, 5) is 11.3. The number of ether oxygens (including phenoxy) is 2. The van der Waals surface area contributed by atoms with Crippen molar-refractivity contribution in [3.63, 3.8) is 0 Å². The van der Waals surface area contributed by atoms with Crippen LogP contribution in [0.25, 0.3) is 0 Å². The van der Waals surface area contributed by atoms with Crippen molar-refractivity contribution in [2.24, 2.45) is 0 Å². The molecule has 4 heteroatoms. The van der Waals surface area contributed by atoms with Gasteiger partial charge in [0.2, 0.25) is 5.91 Å². The first-order valence-corrected chi connectivity index (χ1v) is 5.81. The Hall–Kier alpha value is -1.71. The highest BCUT2D eigenvalue weighted by Crippen LogP contribution is 2.33. The molecule has 1 aliphatic rings. The van der Waals surface area contributed by atoms with E-state index in [4.69, 9.17) is 9.47 Å². The maximum atomic E-state index is 11.3. The highest BCUT2D eigenvalue weighted by atomic mass is 16.6. The van der Waals surface area contributed by atoms with Crippen LogP contribution >= 0.6 is 0 Å². The fraction of sp³-hybridized carbons (Fsp3) is 0.462. The first-order valence-electron chi connectivity index (χ1n) is 5.81. The lowest BCUT2D eigenvalue weighted by atomic mass is 9.97. The van der Waals surface area contributed by atoms with Gasteiger partial charge in [-0.2, -0.15) is 0 Å². The lowest BCUT2D eigenvalue weighted by molar-refractivity contribution is -0.120. The Kier molecular flexibility index (Phi) is 3.52. The van der Waals surface area contributed by atoms with Gasteiger partial charge in [-0.25, -0.2) is 0 Å². The maximum absolute atomic E-state index is 11.3. The second-order valence-electron chi connectivity index (χ2n) is 4.18. The molecule has 1 aliphatic heterocycles. The van der Waals surface area contributed by atoms with Gasteiger partial charge in [-0.1, -0.05) is 13.0 Å². The summed E-state index contributed by atoms with van der Waals surface area (Å²) in [5, 5.41) is 2.63. The number of benzene rings is 1. The van der Waals surface area contributed by atoms with Crippen LogP contribution in [0, 0.1) is 0 Å². The Morgan fingerprint density at radius 3 is 2.76 bits per heavy atom. The molecule has 0 spiro atoms. The molecule has 0 saturated heterocycles. The zero-order valence-corrected chi connectivity index (χ0v) is 10.2. The number of hydrogen-bond donors (Lipinski definition) is 1. The van der Waals surface area contributed by atoms with E-state index in [2.05, 4.69) is 5.32 Å². The molecule has 1 atom stereocenters. The summed E-state index contributed by atoms with van der Waals surface area (Å²) in [6.45, 7) is 3.21.